The van der Waals surface area contributed by atoms with E-state index in [1.165, 1.54) is 0 Å². The summed E-state index contributed by atoms with van der Waals surface area (Å²) in [6, 6.07) is 0.504. The molecule has 1 atom stereocenters. The zero-order valence-corrected chi connectivity index (χ0v) is 20.4. The Morgan fingerprint density at radius 2 is 1.72 bits per heavy atom. The van der Waals surface area contributed by atoms with Crippen LogP contribution in [0.3, 0.4) is 0 Å². The highest BCUT2D eigenvalue weighted by atomic mass is 127. The van der Waals surface area contributed by atoms with Gasteiger partial charge in [0.15, 0.2) is 5.96 Å². The lowest BCUT2D eigenvalue weighted by Crippen LogP contribution is -2.48. The standard InChI is InChI=1S/C17H32F3N5O2S.HI/c1-4-23(5-2)15-8-9-24(13-15)16(21-3)22-12-14-6-10-25(11-7-14)28(26,27)17(18,19)20;/h14-15H,4-13H2,1-3H3,(H,21,22);1H. The molecule has 29 heavy (non-hydrogen) atoms. The van der Waals surface area contributed by atoms with Crippen LogP contribution in [0.5, 0.6) is 0 Å². The van der Waals surface area contributed by atoms with Gasteiger partial charge in [-0.1, -0.05) is 13.8 Å². The van der Waals surface area contributed by atoms with Crippen molar-refractivity contribution in [1.82, 2.24) is 19.4 Å². The van der Waals surface area contributed by atoms with E-state index in [9.17, 15) is 21.6 Å². The summed E-state index contributed by atoms with van der Waals surface area (Å²) in [5, 5.41) is 3.33. The molecule has 0 bridgehead atoms. The zero-order valence-electron chi connectivity index (χ0n) is 17.3. The number of nitrogens with one attached hydrogen (secondary N) is 1. The van der Waals surface area contributed by atoms with Crippen molar-refractivity contribution in [3.8, 4) is 0 Å². The SMILES string of the molecule is CCN(CC)C1CCN(C(=NC)NCC2CCN(S(=O)(=O)C(F)(F)F)CC2)C1.I. The van der Waals surface area contributed by atoms with Crippen molar-refractivity contribution in [2.75, 3.05) is 52.9 Å². The van der Waals surface area contributed by atoms with E-state index in [-0.39, 0.29) is 43.0 Å². The van der Waals surface area contributed by atoms with Gasteiger partial charge in [-0.25, -0.2) is 8.42 Å². The van der Waals surface area contributed by atoms with E-state index in [0.29, 0.717) is 29.7 Å². The first-order valence-corrected chi connectivity index (χ1v) is 11.3. The van der Waals surface area contributed by atoms with Crippen LogP contribution in [0.1, 0.15) is 33.1 Å². The fourth-order valence-corrected chi connectivity index (χ4v) is 5.02. The number of hydrogen-bond donors (Lipinski definition) is 1. The van der Waals surface area contributed by atoms with Gasteiger partial charge < -0.3 is 10.2 Å². The minimum atomic E-state index is -5.22. The molecule has 0 amide bonds. The van der Waals surface area contributed by atoms with Crippen molar-refractivity contribution >= 4 is 40.0 Å². The number of piperidine rings is 1. The Labute approximate surface area is 189 Å². The molecule has 2 fully saturated rings. The molecule has 1 unspecified atom stereocenters. The van der Waals surface area contributed by atoms with Crippen LogP contribution < -0.4 is 5.32 Å². The topological polar surface area (TPSA) is 68.2 Å². The summed E-state index contributed by atoms with van der Waals surface area (Å²) in [4.78, 5) is 8.99. The minimum Gasteiger partial charge on any atom is -0.356 e. The molecule has 2 aliphatic heterocycles. The zero-order chi connectivity index (χ0) is 20.9. The maximum atomic E-state index is 12.7. The molecule has 0 spiro atoms. The monoisotopic (exact) mass is 555 g/mol. The Bertz CT molecular complexity index is 635. The lowest BCUT2D eigenvalue weighted by molar-refractivity contribution is -0.0496. The van der Waals surface area contributed by atoms with E-state index >= 15 is 0 Å². The van der Waals surface area contributed by atoms with Gasteiger partial charge >= 0.3 is 15.5 Å². The molecular weight excluding hydrogens is 522 g/mol. The van der Waals surface area contributed by atoms with Crippen LogP contribution in [0.25, 0.3) is 0 Å². The van der Waals surface area contributed by atoms with E-state index in [4.69, 9.17) is 0 Å². The third-order valence-corrected chi connectivity index (χ3v) is 7.39. The van der Waals surface area contributed by atoms with Gasteiger partial charge in [-0.05, 0) is 38.3 Å². The maximum Gasteiger partial charge on any atom is 0.511 e. The van der Waals surface area contributed by atoms with Crippen molar-refractivity contribution < 1.29 is 21.6 Å². The number of halogens is 4. The molecule has 0 radical (unpaired) electrons. The molecular formula is C17H33F3IN5O2S. The average Bonchev–Trinajstić information content (AvgIpc) is 3.12. The van der Waals surface area contributed by atoms with Crippen LogP contribution in [0.4, 0.5) is 13.2 Å². The fraction of sp³-hybridized carbons (Fsp3) is 0.941. The Morgan fingerprint density at radius 1 is 1.14 bits per heavy atom. The van der Waals surface area contributed by atoms with Gasteiger partial charge in [-0.15, -0.1) is 24.0 Å². The number of sulfonamides is 1. The maximum absolute atomic E-state index is 12.7. The lowest BCUT2D eigenvalue weighted by Gasteiger charge is -2.32. The number of guanidine groups is 1. The van der Waals surface area contributed by atoms with Crippen molar-refractivity contribution in [3.05, 3.63) is 0 Å². The second-order valence-corrected chi connectivity index (χ2v) is 9.26. The summed E-state index contributed by atoms with van der Waals surface area (Å²) in [5.41, 5.74) is -5.22. The Morgan fingerprint density at radius 3 is 2.21 bits per heavy atom. The normalized spacial score (nSPS) is 22.8. The van der Waals surface area contributed by atoms with Crippen LogP contribution in [-0.4, -0.2) is 92.9 Å². The van der Waals surface area contributed by atoms with Crippen LogP contribution in [-0.2, 0) is 10.0 Å². The summed E-state index contributed by atoms with van der Waals surface area (Å²) in [6.07, 6.45) is 1.89. The second-order valence-electron chi connectivity index (χ2n) is 7.33. The first-order valence-electron chi connectivity index (χ1n) is 9.90. The fourth-order valence-electron chi connectivity index (χ4n) is 4.04. The molecule has 7 nitrogen and oxygen atoms in total. The van der Waals surface area contributed by atoms with Gasteiger partial charge in [0.05, 0.1) is 0 Å². The number of likely N-dealkylation sites (tertiary alicyclic amines) is 1. The lowest BCUT2D eigenvalue weighted by atomic mass is 9.98. The van der Waals surface area contributed by atoms with Crippen LogP contribution in [0.2, 0.25) is 0 Å². The predicted molar refractivity (Wildman–Crippen MR) is 119 cm³/mol. The molecule has 0 aromatic heterocycles. The van der Waals surface area contributed by atoms with Crippen LogP contribution in [0, 0.1) is 5.92 Å². The minimum absolute atomic E-state index is 0. The molecule has 2 saturated heterocycles. The molecule has 0 aromatic rings. The molecule has 12 heteroatoms. The largest absolute Gasteiger partial charge is 0.511 e. The Kier molecular flexibility index (Phi) is 10.4. The Balaban J connectivity index is 0.00000420. The van der Waals surface area contributed by atoms with Gasteiger partial charge in [-0.3, -0.25) is 9.89 Å². The summed E-state index contributed by atoms with van der Waals surface area (Å²) >= 11 is 0. The highest BCUT2D eigenvalue weighted by Gasteiger charge is 2.50. The number of hydrogen-bond acceptors (Lipinski definition) is 4. The number of aliphatic imine (C=N–C) groups is 1. The molecule has 2 heterocycles. The molecule has 0 saturated carbocycles. The summed E-state index contributed by atoms with van der Waals surface area (Å²) in [5.74, 6) is 0.928. The molecule has 2 aliphatic rings. The van der Waals surface area contributed by atoms with E-state index < -0.39 is 15.5 Å². The average molecular weight is 555 g/mol. The van der Waals surface area contributed by atoms with Gasteiger partial charge in [0.25, 0.3) is 0 Å². The first-order chi connectivity index (χ1) is 13.1. The van der Waals surface area contributed by atoms with E-state index in [1.807, 2.05) is 0 Å². The van der Waals surface area contributed by atoms with Crippen molar-refractivity contribution in [3.63, 3.8) is 0 Å². The molecule has 2 rings (SSSR count). The third kappa shape index (κ3) is 6.57. The highest BCUT2D eigenvalue weighted by molar-refractivity contribution is 14.0. The van der Waals surface area contributed by atoms with Gasteiger partial charge in [0.1, 0.15) is 0 Å². The van der Waals surface area contributed by atoms with E-state index in [2.05, 4.69) is 34.0 Å². The predicted octanol–water partition coefficient (Wildman–Crippen LogP) is 2.16. The molecule has 172 valence electrons. The quantitative estimate of drug-likeness (QED) is 0.309. The molecule has 0 aromatic carbocycles. The number of alkyl halides is 3. The van der Waals surface area contributed by atoms with Crippen molar-refractivity contribution in [2.45, 2.75) is 44.7 Å². The van der Waals surface area contributed by atoms with Gasteiger partial charge in [0.2, 0.25) is 0 Å². The summed E-state index contributed by atoms with van der Waals surface area (Å²) in [7, 11) is -3.49. The molecule has 1 N–H and O–H groups in total. The van der Waals surface area contributed by atoms with Crippen LogP contribution in [0.15, 0.2) is 4.99 Å². The van der Waals surface area contributed by atoms with Gasteiger partial charge in [0, 0.05) is 45.8 Å². The summed E-state index contributed by atoms with van der Waals surface area (Å²) < 4.78 is 61.5. The number of likely N-dealkylation sites (N-methyl/N-ethyl adjacent to an activating group) is 1. The van der Waals surface area contributed by atoms with E-state index in [0.717, 1.165) is 38.6 Å². The smallest absolute Gasteiger partial charge is 0.356 e. The van der Waals surface area contributed by atoms with E-state index in [1.54, 1.807) is 7.05 Å². The van der Waals surface area contributed by atoms with Crippen molar-refractivity contribution in [2.24, 2.45) is 10.9 Å². The van der Waals surface area contributed by atoms with Crippen molar-refractivity contribution in [1.29, 1.82) is 0 Å². The first kappa shape index (κ1) is 26.7. The summed E-state index contributed by atoms with van der Waals surface area (Å²) in [6.45, 7) is 8.56. The molecule has 0 aliphatic carbocycles. The van der Waals surface area contributed by atoms with Gasteiger partial charge in [-0.2, -0.15) is 17.5 Å². The van der Waals surface area contributed by atoms with Crippen LogP contribution >= 0.6 is 24.0 Å². The number of nitrogens with zero attached hydrogens (tertiary/aromatic N) is 4. The number of rotatable bonds is 6. The second kappa shape index (κ2) is 11.3. The highest BCUT2D eigenvalue weighted by Crippen LogP contribution is 2.30. The third-order valence-electron chi connectivity index (χ3n) is 5.76. The Hall–Kier alpha value is -0.340.